The fraction of sp³-hybridized carbons (Fsp3) is 0.778. The van der Waals surface area contributed by atoms with E-state index in [1.165, 1.54) is 0 Å². The van der Waals surface area contributed by atoms with Gasteiger partial charge in [-0.2, -0.15) is 0 Å². The molecule has 86 valence electrons. The minimum absolute atomic E-state index is 0.557. The average molecular weight is 246 g/mol. The summed E-state index contributed by atoms with van der Waals surface area (Å²) < 4.78 is 1.05. The monoisotopic (exact) mass is 246 g/mol. The van der Waals surface area contributed by atoms with E-state index in [-0.39, 0.29) is 0 Å². The number of thioether (sulfide) groups is 1. The normalized spacial score (nSPS) is 12.8. The van der Waals surface area contributed by atoms with Gasteiger partial charge in [-0.05, 0) is 13.5 Å². The third-order valence-electron chi connectivity index (χ3n) is 2.09. The summed E-state index contributed by atoms with van der Waals surface area (Å²) in [6, 6.07) is 0.557. The van der Waals surface area contributed by atoms with Crippen LogP contribution in [0.5, 0.6) is 0 Å². The Bertz CT molecular complexity index is 283. The van der Waals surface area contributed by atoms with Gasteiger partial charge in [-0.15, -0.1) is 10.2 Å². The number of nitrogens with one attached hydrogen (secondary N) is 1. The molecule has 0 saturated carbocycles. The van der Waals surface area contributed by atoms with Gasteiger partial charge in [0.25, 0.3) is 0 Å². The van der Waals surface area contributed by atoms with Crippen molar-refractivity contribution < 1.29 is 0 Å². The molecule has 0 aliphatic rings. The van der Waals surface area contributed by atoms with Crippen molar-refractivity contribution >= 4 is 28.2 Å². The van der Waals surface area contributed by atoms with Gasteiger partial charge in [-0.1, -0.05) is 30.0 Å². The highest BCUT2D eigenvalue weighted by Crippen LogP contribution is 2.27. The molecule has 0 aliphatic heterocycles. The fourth-order valence-electron chi connectivity index (χ4n) is 1.02. The van der Waals surface area contributed by atoms with Crippen LogP contribution < -0.4 is 10.2 Å². The van der Waals surface area contributed by atoms with Crippen LogP contribution in [0.15, 0.2) is 4.34 Å². The van der Waals surface area contributed by atoms with Crippen molar-refractivity contribution in [1.82, 2.24) is 15.5 Å². The minimum atomic E-state index is 0.557. The van der Waals surface area contributed by atoms with Crippen LogP contribution in [0.4, 0.5) is 5.13 Å². The summed E-state index contributed by atoms with van der Waals surface area (Å²) >= 11 is 3.41. The van der Waals surface area contributed by atoms with Crippen molar-refractivity contribution in [3.05, 3.63) is 0 Å². The standard InChI is InChI=1S/C9H18N4S2/c1-5-7(10-2)6-14-9-12-11-8(15-9)13(3)4/h7,10H,5-6H2,1-4H3. The highest BCUT2D eigenvalue weighted by atomic mass is 32.2. The molecule has 1 aromatic heterocycles. The van der Waals surface area contributed by atoms with E-state index in [9.17, 15) is 0 Å². The van der Waals surface area contributed by atoms with Gasteiger partial charge in [0.15, 0.2) is 4.34 Å². The van der Waals surface area contributed by atoms with Crippen LogP contribution >= 0.6 is 23.1 Å². The van der Waals surface area contributed by atoms with Crippen molar-refractivity contribution in [2.24, 2.45) is 0 Å². The first-order chi connectivity index (χ1) is 7.17. The number of hydrogen-bond acceptors (Lipinski definition) is 6. The Balaban J connectivity index is 2.43. The van der Waals surface area contributed by atoms with Gasteiger partial charge < -0.3 is 10.2 Å². The second kappa shape index (κ2) is 6.30. The molecule has 0 aliphatic carbocycles. The predicted octanol–water partition coefficient (Wildman–Crippen LogP) is 1.69. The first-order valence-electron chi connectivity index (χ1n) is 4.98. The Kier molecular flexibility index (Phi) is 5.35. The first kappa shape index (κ1) is 12.7. The van der Waals surface area contributed by atoms with E-state index in [2.05, 4.69) is 22.4 Å². The average Bonchev–Trinajstić information content (AvgIpc) is 2.68. The van der Waals surface area contributed by atoms with Gasteiger partial charge in [0.1, 0.15) is 0 Å². The molecule has 1 unspecified atom stereocenters. The van der Waals surface area contributed by atoms with Crippen molar-refractivity contribution in [2.45, 2.75) is 23.7 Å². The molecule has 0 spiro atoms. The van der Waals surface area contributed by atoms with Crippen LogP contribution in [0.1, 0.15) is 13.3 Å². The number of hydrogen-bond donors (Lipinski definition) is 1. The number of rotatable bonds is 6. The lowest BCUT2D eigenvalue weighted by Gasteiger charge is -2.11. The first-order valence-corrected chi connectivity index (χ1v) is 6.78. The van der Waals surface area contributed by atoms with Crippen molar-refractivity contribution in [3.63, 3.8) is 0 Å². The Labute approximate surface area is 99.5 Å². The maximum atomic E-state index is 4.14. The molecule has 0 amide bonds. The molecular weight excluding hydrogens is 228 g/mol. The molecule has 1 N–H and O–H groups in total. The number of anilines is 1. The molecule has 1 aromatic rings. The number of aromatic nitrogens is 2. The highest BCUT2D eigenvalue weighted by molar-refractivity contribution is 8.01. The fourth-order valence-corrected chi connectivity index (χ4v) is 3.03. The molecule has 0 bridgehead atoms. The quantitative estimate of drug-likeness (QED) is 0.774. The van der Waals surface area contributed by atoms with Gasteiger partial charge in [0.05, 0.1) is 0 Å². The zero-order valence-corrected chi connectivity index (χ0v) is 11.3. The summed E-state index contributed by atoms with van der Waals surface area (Å²) in [4.78, 5) is 1.98. The largest absolute Gasteiger partial charge is 0.353 e. The second-order valence-electron chi connectivity index (χ2n) is 3.45. The van der Waals surface area contributed by atoms with E-state index < -0.39 is 0 Å². The van der Waals surface area contributed by atoms with E-state index in [4.69, 9.17) is 0 Å². The lowest BCUT2D eigenvalue weighted by Crippen LogP contribution is -2.26. The van der Waals surface area contributed by atoms with E-state index in [1.807, 2.05) is 26.0 Å². The summed E-state index contributed by atoms with van der Waals surface area (Å²) in [7, 11) is 5.97. The Hall–Kier alpha value is -0.330. The summed E-state index contributed by atoms with van der Waals surface area (Å²) in [5, 5.41) is 12.5. The van der Waals surface area contributed by atoms with E-state index >= 15 is 0 Å². The van der Waals surface area contributed by atoms with Crippen LogP contribution in [-0.2, 0) is 0 Å². The van der Waals surface area contributed by atoms with Crippen LogP contribution in [0, 0.1) is 0 Å². The maximum absolute atomic E-state index is 4.14. The lowest BCUT2D eigenvalue weighted by molar-refractivity contribution is 0.601. The zero-order chi connectivity index (χ0) is 11.3. The molecule has 0 saturated heterocycles. The smallest absolute Gasteiger partial charge is 0.208 e. The molecule has 0 aromatic carbocycles. The van der Waals surface area contributed by atoms with Crippen molar-refractivity contribution in [1.29, 1.82) is 0 Å². The van der Waals surface area contributed by atoms with E-state index in [1.54, 1.807) is 23.1 Å². The molecular formula is C9H18N4S2. The molecule has 4 nitrogen and oxygen atoms in total. The highest BCUT2D eigenvalue weighted by Gasteiger charge is 2.09. The molecule has 0 fully saturated rings. The van der Waals surface area contributed by atoms with Crippen LogP contribution in [0.3, 0.4) is 0 Å². The second-order valence-corrected chi connectivity index (χ2v) is 5.67. The van der Waals surface area contributed by atoms with Crippen LogP contribution in [0.25, 0.3) is 0 Å². The maximum Gasteiger partial charge on any atom is 0.208 e. The van der Waals surface area contributed by atoms with Gasteiger partial charge in [0.2, 0.25) is 5.13 Å². The third kappa shape index (κ3) is 3.96. The van der Waals surface area contributed by atoms with Crippen LogP contribution in [-0.4, -0.2) is 43.1 Å². The summed E-state index contributed by atoms with van der Waals surface area (Å²) in [6.45, 7) is 2.19. The molecule has 15 heavy (non-hydrogen) atoms. The Morgan fingerprint density at radius 1 is 1.47 bits per heavy atom. The van der Waals surface area contributed by atoms with Gasteiger partial charge >= 0.3 is 0 Å². The Morgan fingerprint density at radius 2 is 2.20 bits per heavy atom. The molecule has 0 radical (unpaired) electrons. The third-order valence-corrected chi connectivity index (χ3v) is 4.47. The molecule has 1 rings (SSSR count). The number of nitrogens with zero attached hydrogens (tertiary/aromatic N) is 3. The molecule has 1 atom stereocenters. The van der Waals surface area contributed by atoms with E-state index in [0.29, 0.717) is 6.04 Å². The topological polar surface area (TPSA) is 41.1 Å². The van der Waals surface area contributed by atoms with E-state index in [0.717, 1.165) is 21.6 Å². The SMILES string of the molecule is CCC(CSc1nnc(N(C)C)s1)NC. The summed E-state index contributed by atoms with van der Waals surface area (Å²) in [5.74, 6) is 1.05. The Morgan fingerprint density at radius 3 is 2.67 bits per heavy atom. The van der Waals surface area contributed by atoms with Gasteiger partial charge in [0, 0.05) is 25.9 Å². The van der Waals surface area contributed by atoms with Crippen LogP contribution in [0.2, 0.25) is 0 Å². The van der Waals surface area contributed by atoms with Gasteiger partial charge in [-0.25, -0.2) is 0 Å². The predicted molar refractivity (Wildman–Crippen MR) is 68.1 cm³/mol. The van der Waals surface area contributed by atoms with Crippen molar-refractivity contribution in [2.75, 3.05) is 31.8 Å². The minimum Gasteiger partial charge on any atom is -0.353 e. The lowest BCUT2D eigenvalue weighted by atomic mass is 10.3. The molecule has 6 heteroatoms. The van der Waals surface area contributed by atoms with Crippen molar-refractivity contribution in [3.8, 4) is 0 Å². The summed E-state index contributed by atoms with van der Waals surface area (Å²) in [5.41, 5.74) is 0. The summed E-state index contributed by atoms with van der Waals surface area (Å²) in [6.07, 6.45) is 1.14. The molecule has 1 heterocycles. The zero-order valence-electron chi connectivity index (χ0n) is 9.65. The van der Waals surface area contributed by atoms with Gasteiger partial charge in [-0.3, -0.25) is 0 Å².